The van der Waals surface area contributed by atoms with Crippen LogP contribution in [0.1, 0.15) is 11.3 Å². The minimum Gasteiger partial charge on any atom is -0.487 e. The molecule has 0 aliphatic rings. The van der Waals surface area contributed by atoms with Crippen molar-refractivity contribution in [3.05, 3.63) is 65.1 Å². The van der Waals surface area contributed by atoms with E-state index in [2.05, 4.69) is 4.98 Å². The topological polar surface area (TPSA) is 26.5 Å². The normalized spacial score (nSPS) is 10.8. The molecule has 1 aromatic carbocycles. The Hall–Kier alpha value is -2.00. The van der Waals surface area contributed by atoms with E-state index < -0.39 is 0 Å². The van der Waals surface area contributed by atoms with E-state index in [4.69, 9.17) is 16.3 Å². The third-order valence-electron chi connectivity index (χ3n) is 2.86. The van der Waals surface area contributed by atoms with Crippen LogP contribution in [0.25, 0.3) is 5.65 Å². The maximum Gasteiger partial charge on any atom is 0.155 e. The summed E-state index contributed by atoms with van der Waals surface area (Å²) in [5, 5.41) is 0.643. The van der Waals surface area contributed by atoms with Crippen molar-refractivity contribution in [3.8, 4) is 5.75 Å². The molecule has 2 aromatic heterocycles. The molecule has 0 atom stereocenters. The molecular formula is C15H13ClN2O. The fraction of sp³-hybridized carbons (Fsp3) is 0.133. The fourth-order valence-electron chi connectivity index (χ4n) is 1.96. The number of hydrogen-bond donors (Lipinski definition) is 0. The number of nitrogens with zero attached hydrogens (tertiary/aromatic N) is 2. The van der Waals surface area contributed by atoms with Crippen LogP contribution < -0.4 is 4.74 Å². The van der Waals surface area contributed by atoms with Gasteiger partial charge in [0.05, 0.1) is 10.7 Å². The number of benzene rings is 1. The molecule has 0 aliphatic carbocycles. The molecule has 3 nitrogen and oxygen atoms in total. The van der Waals surface area contributed by atoms with Crippen LogP contribution in [-0.2, 0) is 6.61 Å². The van der Waals surface area contributed by atoms with Gasteiger partial charge in [0.25, 0.3) is 0 Å². The number of rotatable bonds is 3. The molecule has 0 saturated heterocycles. The first-order chi connectivity index (χ1) is 9.22. The zero-order chi connectivity index (χ0) is 13.2. The van der Waals surface area contributed by atoms with Crippen molar-refractivity contribution < 1.29 is 4.74 Å². The molecule has 0 aliphatic heterocycles. The first-order valence-corrected chi connectivity index (χ1v) is 6.42. The SMILES string of the molecule is Cc1cccc(OCc2cn3cccc(Cl)c3n2)c1. The maximum absolute atomic E-state index is 6.08. The van der Waals surface area contributed by atoms with Crippen LogP contribution in [0.15, 0.2) is 48.8 Å². The van der Waals surface area contributed by atoms with Crippen molar-refractivity contribution in [2.75, 3.05) is 0 Å². The third kappa shape index (κ3) is 2.56. The lowest BCUT2D eigenvalue weighted by atomic mass is 10.2. The molecule has 0 unspecified atom stereocenters. The average Bonchev–Trinajstić information content (AvgIpc) is 2.81. The summed E-state index contributed by atoms with van der Waals surface area (Å²) in [6.07, 6.45) is 3.85. The summed E-state index contributed by atoms with van der Waals surface area (Å²) >= 11 is 6.08. The first kappa shape index (κ1) is 12.1. The first-order valence-electron chi connectivity index (χ1n) is 6.04. The second kappa shape index (κ2) is 4.94. The summed E-state index contributed by atoms with van der Waals surface area (Å²) < 4.78 is 7.62. The zero-order valence-electron chi connectivity index (χ0n) is 10.5. The van der Waals surface area contributed by atoms with Crippen LogP contribution in [-0.4, -0.2) is 9.38 Å². The molecule has 0 fully saturated rings. The number of hydrogen-bond acceptors (Lipinski definition) is 2. The molecule has 0 amide bonds. The van der Waals surface area contributed by atoms with Gasteiger partial charge in [-0.15, -0.1) is 0 Å². The smallest absolute Gasteiger partial charge is 0.155 e. The summed E-state index contributed by atoms with van der Waals surface area (Å²) in [5.74, 6) is 0.850. The lowest BCUT2D eigenvalue weighted by Gasteiger charge is -2.04. The van der Waals surface area contributed by atoms with Gasteiger partial charge in [0.1, 0.15) is 12.4 Å². The second-order valence-corrected chi connectivity index (χ2v) is 4.83. The second-order valence-electron chi connectivity index (χ2n) is 4.42. The van der Waals surface area contributed by atoms with Crippen molar-refractivity contribution in [2.45, 2.75) is 13.5 Å². The Labute approximate surface area is 116 Å². The predicted molar refractivity (Wildman–Crippen MR) is 75.7 cm³/mol. The Kier molecular flexibility index (Phi) is 3.13. The summed E-state index contributed by atoms with van der Waals surface area (Å²) in [4.78, 5) is 4.46. The largest absolute Gasteiger partial charge is 0.487 e. The van der Waals surface area contributed by atoms with Crippen molar-refractivity contribution in [3.63, 3.8) is 0 Å². The maximum atomic E-state index is 6.08. The van der Waals surface area contributed by atoms with E-state index in [1.165, 1.54) is 5.56 Å². The minimum atomic E-state index is 0.432. The average molecular weight is 273 g/mol. The number of fused-ring (bicyclic) bond motifs is 1. The van der Waals surface area contributed by atoms with Crippen LogP contribution >= 0.6 is 11.6 Å². The molecule has 96 valence electrons. The highest BCUT2D eigenvalue weighted by molar-refractivity contribution is 6.33. The number of ether oxygens (including phenoxy) is 1. The number of pyridine rings is 1. The summed E-state index contributed by atoms with van der Waals surface area (Å²) in [7, 11) is 0. The van der Waals surface area contributed by atoms with Gasteiger partial charge in [0.2, 0.25) is 0 Å². The van der Waals surface area contributed by atoms with Crippen LogP contribution in [0.3, 0.4) is 0 Å². The summed E-state index contributed by atoms with van der Waals surface area (Å²) in [6.45, 7) is 2.47. The highest BCUT2D eigenvalue weighted by Crippen LogP contribution is 2.18. The summed E-state index contributed by atoms with van der Waals surface area (Å²) in [5.41, 5.74) is 2.79. The predicted octanol–water partition coefficient (Wildman–Crippen LogP) is 3.88. The molecule has 0 spiro atoms. The van der Waals surface area contributed by atoms with Crippen LogP contribution in [0.2, 0.25) is 5.02 Å². The van der Waals surface area contributed by atoms with Crippen LogP contribution in [0, 0.1) is 6.92 Å². The zero-order valence-corrected chi connectivity index (χ0v) is 11.3. The fourth-order valence-corrected chi connectivity index (χ4v) is 2.17. The highest BCUT2D eigenvalue weighted by Gasteiger charge is 2.05. The van der Waals surface area contributed by atoms with E-state index in [1.807, 2.05) is 60.1 Å². The summed E-state index contributed by atoms with van der Waals surface area (Å²) in [6, 6.07) is 11.7. The lowest BCUT2D eigenvalue weighted by Crippen LogP contribution is -1.95. The molecule has 0 saturated carbocycles. The van der Waals surface area contributed by atoms with Gasteiger partial charge in [0, 0.05) is 12.4 Å². The molecule has 4 heteroatoms. The number of imidazole rings is 1. The Morgan fingerprint density at radius 3 is 2.95 bits per heavy atom. The molecular weight excluding hydrogens is 260 g/mol. The lowest BCUT2D eigenvalue weighted by molar-refractivity contribution is 0.302. The third-order valence-corrected chi connectivity index (χ3v) is 3.16. The Balaban J connectivity index is 1.80. The monoisotopic (exact) mass is 272 g/mol. The van der Waals surface area contributed by atoms with Crippen LogP contribution in [0.4, 0.5) is 0 Å². The van der Waals surface area contributed by atoms with E-state index in [0.29, 0.717) is 11.6 Å². The van der Waals surface area contributed by atoms with Crippen molar-refractivity contribution >= 4 is 17.2 Å². The highest BCUT2D eigenvalue weighted by atomic mass is 35.5. The van der Waals surface area contributed by atoms with E-state index in [9.17, 15) is 0 Å². The van der Waals surface area contributed by atoms with Crippen LogP contribution in [0.5, 0.6) is 5.75 Å². The van der Waals surface area contributed by atoms with Crippen molar-refractivity contribution in [2.24, 2.45) is 0 Å². The Morgan fingerprint density at radius 2 is 2.16 bits per heavy atom. The van der Waals surface area contributed by atoms with Gasteiger partial charge in [-0.1, -0.05) is 23.7 Å². The minimum absolute atomic E-state index is 0.432. The van der Waals surface area contributed by atoms with E-state index in [0.717, 1.165) is 17.1 Å². The molecule has 3 aromatic rings. The molecule has 2 heterocycles. The van der Waals surface area contributed by atoms with Gasteiger partial charge in [-0.05, 0) is 36.8 Å². The van der Waals surface area contributed by atoms with E-state index in [1.54, 1.807) is 0 Å². The molecule has 19 heavy (non-hydrogen) atoms. The van der Waals surface area contributed by atoms with E-state index in [-0.39, 0.29) is 0 Å². The quantitative estimate of drug-likeness (QED) is 0.723. The Morgan fingerprint density at radius 1 is 1.26 bits per heavy atom. The van der Waals surface area contributed by atoms with Gasteiger partial charge in [-0.2, -0.15) is 0 Å². The number of halogens is 1. The van der Waals surface area contributed by atoms with E-state index >= 15 is 0 Å². The number of aromatic nitrogens is 2. The van der Waals surface area contributed by atoms with Gasteiger partial charge in [-0.3, -0.25) is 0 Å². The molecule has 0 N–H and O–H groups in total. The molecule has 3 rings (SSSR count). The van der Waals surface area contributed by atoms with Gasteiger partial charge in [0.15, 0.2) is 5.65 Å². The van der Waals surface area contributed by atoms with Gasteiger partial charge < -0.3 is 9.14 Å². The molecule has 0 bridgehead atoms. The standard InChI is InChI=1S/C15H13ClN2O/c1-11-4-2-5-13(8-11)19-10-12-9-18-7-3-6-14(16)15(18)17-12/h2-9H,10H2,1H3. The Bertz CT molecular complexity index is 721. The van der Waals surface area contributed by atoms with Gasteiger partial charge >= 0.3 is 0 Å². The molecule has 0 radical (unpaired) electrons. The van der Waals surface area contributed by atoms with Crippen molar-refractivity contribution in [1.82, 2.24) is 9.38 Å². The number of aryl methyl sites for hydroxylation is 1. The van der Waals surface area contributed by atoms with Crippen molar-refractivity contribution in [1.29, 1.82) is 0 Å². The van der Waals surface area contributed by atoms with Gasteiger partial charge in [-0.25, -0.2) is 4.98 Å².